The van der Waals surface area contributed by atoms with E-state index < -0.39 is 0 Å². The van der Waals surface area contributed by atoms with Crippen LogP contribution >= 0.6 is 27.7 Å². The quantitative estimate of drug-likeness (QED) is 0.899. The number of nitrogens with one attached hydrogen (secondary N) is 1. The molecule has 17 heavy (non-hydrogen) atoms. The lowest BCUT2D eigenvalue weighted by atomic mass is 10.2. The predicted molar refractivity (Wildman–Crippen MR) is 79.9 cm³/mol. The monoisotopic (exact) mass is 314 g/mol. The zero-order valence-electron chi connectivity index (χ0n) is 10.4. The van der Waals surface area contributed by atoms with Crippen LogP contribution in [-0.2, 0) is 0 Å². The smallest absolute Gasteiger partial charge is 0.140 e. The topological polar surface area (TPSA) is 24.9 Å². The van der Waals surface area contributed by atoms with Crippen molar-refractivity contribution in [1.29, 1.82) is 0 Å². The van der Waals surface area contributed by atoms with Crippen LogP contribution < -0.4 is 5.32 Å². The molecule has 1 aromatic heterocycles. The number of hydrogen-bond acceptors (Lipinski definition) is 3. The summed E-state index contributed by atoms with van der Waals surface area (Å²) in [4.78, 5) is 4.47. The molecule has 1 N–H and O–H groups in total. The van der Waals surface area contributed by atoms with Crippen molar-refractivity contribution in [2.24, 2.45) is 0 Å². The molecule has 0 bridgehead atoms. The fourth-order valence-corrected chi connectivity index (χ4v) is 4.10. The third-order valence-electron chi connectivity index (χ3n) is 3.13. The molecule has 0 saturated heterocycles. The number of aryl methyl sites for hydroxylation is 1. The number of anilines is 1. The van der Waals surface area contributed by atoms with E-state index in [4.69, 9.17) is 0 Å². The third kappa shape index (κ3) is 3.38. The van der Waals surface area contributed by atoms with Crippen molar-refractivity contribution < 1.29 is 0 Å². The van der Waals surface area contributed by atoms with E-state index in [1.165, 1.54) is 30.6 Å². The van der Waals surface area contributed by atoms with E-state index in [9.17, 15) is 0 Å². The number of hydrogen-bond donors (Lipinski definition) is 1. The summed E-state index contributed by atoms with van der Waals surface area (Å²) < 4.78 is 1.07. The van der Waals surface area contributed by atoms with Gasteiger partial charge in [0.15, 0.2) is 0 Å². The highest BCUT2D eigenvalue weighted by molar-refractivity contribution is 9.10. The predicted octanol–water partition coefficient (Wildman–Crippen LogP) is 4.24. The lowest BCUT2D eigenvalue weighted by Gasteiger charge is -2.21. The summed E-state index contributed by atoms with van der Waals surface area (Å²) in [5.74, 6) is 2.19. The van der Waals surface area contributed by atoms with Crippen LogP contribution in [0.15, 0.2) is 16.7 Å². The Kier molecular flexibility index (Phi) is 4.74. The van der Waals surface area contributed by atoms with Gasteiger partial charge >= 0.3 is 0 Å². The van der Waals surface area contributed by atoms with Crippen molar-refractivity contribution in [3.8, 4) is 0 Å². The first-order valence-corrected chi connectivity index (χ1v) is 8.05. The minimum absolute atomic E-state index is 0.575. The molecule has 0 amide bonds. The van der Waals surface area contributed by atoms with Crippen molar-refractivity contribution in [3.63, 3.8) is 0 Å². The summed E-state index contributed by atoms with van der Waals surface area (Å²) in [6, 6.07) is 2.69. The Balaban J connectivity index is 2.04. The van der Waals surface area contributed by atoms with Gasteiger partial charge in [-0.25, -0.2) is 4.98 Å². The molecule has 94 valence electrons. The molecule has 0 radical (unpaired) electrons. The zero-order valence-corrected chi connectivity index (χ0v) is 12.8. The van der Waals surface area contributed by atoms with E-state index in [2.05, 4.69) is 57.9 Å². The summed E-state index contributed by atoms with van der Waals surface area (Å²) in [6.07, 6.45) is 5.85. The molecular weight excluding hydrogens is 296 g/mol. The number of thioether (sulfide) groups is 1. The van der Waals surface area contributed by atoms with Crippen molar-refractivity contribution in [1.82, 2.24) is 4.98 Å². The molecular formula is C13H19BrN2S. The van der Waals surface area contributed by atoms with Crippen LogP contribution in [0.5, 0.6) is 0 Å². The third-order valence-corrected chi connectivity index (χ3v) is 5.06. The molecule has 0 aromatic carbocycles. The Hall–Kier alpha value is -0.220. The van der Waals surface area contributed by atoms with Crippen LogP contribution in [0.1, 0.15) is 31.7 Å². The van der Waals surface area contributed by atoms with E-state index in [0.717, 1.165) is 15.5 Å². The lowest BCUT2D eigenvalue weighted by molar-refractivity contribution is 0.761. The fourth-order valence-electron chi connectivity index (χ4n) is 2.32. The van der Waals surface area contributed by atoms with Gasteiger partial charge in [0.1, 0.15) is 5.82 Å². The summed E-state index contributed by atoms with van der Waals surface area (Å²) in [7, 11) is 0. The van der Waals surface area contributed by atoms with Crippen molar-refractivity contribution in [2.45, 2.75) is 44.4 Å². The maximum absolute atomic E-state index is 4.47. The Morgan fingerprint density at radius 2 is 2.35 bits per heavy atom. The molecule has 0 spiro atoms. The van der Waals surface area contributed by atoms with Crippen LogP contribution in [0, 0.1) is 6.92 Å². The zero-order chi connectivity index (χ0) is 12.3. The Labute approximate surface area is 116 Å². The second-order valence-electron chi connectivity index (χ2n) is 4.52. The largest absolute Gasteiger partial charge is 0.365 e. The Morgan fingerprint density at radius 1 is 1.53 bits per heavy atom. The van der Waals surface area contributed by atoms with E-state index >= 15 is 0 Å². The van der Waals surface area contributed by atoms with Crippen molar-refractivity contribution in [3.05, 3.63) is 22.3 Å². The maximum Gasteiger partial charge on any atom is 0.140 e. The number of halogens is 1. The Bertz CT molecular complexity index is 384. The highest BCUT2D eigenvalue weighted by Crippen LogP contribution is 2.33. The summed E-state index contributed by atoms with van der Waals surface area (Å²) in [5, 5.41) is 4.34. The average molecular weight is 315 g/mol. The van der Waals surface area contributed by atoms with E-state index in [0.29, 0.717) is 6.04 Å². The first-order valence-electron chi connectivity index (χ1n) is 6.21. The number of nitrogens with zero attached hydrogens (tertiary/aromatic N) is 1. The van der Waals surface area contributed by atoms with Crippen molar-refractivity contribution >= 4 is 33.5 Å². The van der Waals surface area contributed by atoms with Crippen LogP contribution in [-0.4, -0.2) is 22.0 Å². The molecule has 1 heterocycles. The van der Waals surface area contributed by atoms with Crippen LogP contribution in [0.3, 0.4) is 0 Å². The second kappa shape index (κ2) is 6.10. The van der Waals surface area contributed by atoms with Gasteiger partial charge in [-0.2, -0.15) is 11.8 Å². The van der Waals surface area contributed by atoms with Gasteiger partial charge in [-0.1, -0.05) is 13.3 Å². The van der Waals surface area contributed by atoms with Gasteiger partial charge in [0.25, 0.3) is 0 Å². The standard InChI is InChI=1S/C13H19BrN2S/c1-3-17-12-6-4-5-11(12)16-13-10(14)7-9(2)8-15-13/h7-8,11-12H,3-6H2,1-2H3,(H,15,16). The molecule has 4 heteroatoms. The van der Waals surface area contributed by atoms with Gasteiger partial charge in [0.05, 0.1) is 4.47 Å². The normalized spacial score (nSPS) is 23.9. The van der Waals surface area contributed by atoms with Crippen LogP contribution in [0.2, 0.25) is 0 Å². The molecule has 1 aromatic rings. The van der Waals surface area contributed by atoms with Gasteiger partial charge in [-0.15, -0.1) is 0 Å². The molecule has 1 saturated carbocycles. The number of rotatable bonds is 4. The fraction of sp³-hybridized carbons (Fsp3) is 0.615. The summed E-state index contributed by atoms with van der Waals surface area (Å²) >= 11 is 5.65. The molecule has 1 fully saturated rings. The number of aromatic nitrogens is 1. The van der Waals surface area contributed by atoms with E-state index in [-0.39, 0.29) is 0 Å². The second-order valence-corrected chi connectivity index (χ2v) is 6.89. The highest BCUT2D eigenvalue weighted by Gasteiger charge is 2.27. The number of pyridine rings is 1. The molecule has 2 nitrogen and oxygen atoms in total. The molecule has 2 atom stereocenters. The first kappa shape index (κ1) is 13.2. The highest BCUT2D eigenvalue weighted by atomic mass is 79.9. The van der Waals surface area contributed by atoms with E-state index in [1.807, 2.05) is 6.20 Å². The molecule has 0 aliphatic heterocycles. The van der Waals surface area contributed by atoms with E-state index in [1.54, 1.807) is 0 Å². The molecule has 1 aliphatic rings. The van der Waals surface area contributed by atoms with Crippen molar-refractivity contribution in [2.75, 3.05) is 11.1 Å². The van der Waals surface area contributed by atoms with Crippen LogP contribution in [0.25, 0.3) is 0 Å². The molecule has 2 unspecified atom stereocenters. The maximum atomic E-state index is 4.47. The molecule has 1 aliphatic carbocycles. The first-order chi connectivity index (χ1) is 8.20. The average Bonchev–Trinajstić information content (AvgIpc) is 2.71. The molecule has 2 rings (SSSR count). The minimum Gasteiger partial charge on any atom is -0.365 e. The van der Waals surface area contributed by atoms with Crippen LogP contribution in [0.4, 0.5) is 5.82 Å². The minimum atomic E-state index is 0.575. The van der Waals surface area contributed by atoms with Gasteiger partial charge in [0.2, 0.25) is 0 Å². The summed E-state index contributed by atoms with van der Waals surface area (Å²) in [6.45, 7) is 4.30. The SMILES string of the molecule is CCSC1CCCC1Nc1ncc(C)cc1Br. The van der Waals surface area contributed by atoms with Gasteiger partial charge < -0.3 is 5.32 Å². The summed E-state index contributed by atoms with van der Waals surface area (Å²) in [5.41, 5.74) is 1.19. The van der Waals surface area contributed by atoms with Gasteiger partial charge in [-0.3, -0.25) is 0 Å². The van der Waals surface area contributed by atoms with Gasteiger partial charge in [-0.05, 0) is 53.1 Å². The van der Waals surface area contributed by atoms with Gasteiger partial charge in [0, 0.05) is 17.5 Å². The lowest BCUT2D eigenvalue weighted by Crippen LogP contribution is -2.26. The Morgan fingerprint density at radius 3 is 3.06 bits per heavy atom.